The molecule has 0 saturated heterocycles. The Hall–Kier alpha value is -2.17. The van der Waals surface area contributed by atoms with E-state index >= 15 is 0 Å². The second kappa shape index (κ2) is 2.91. The lowest BCUT2D eigenvalue weighted by Crippen LogP contribution is -1.97. The molecule has 2 aromatic heterocycles. The van der Waals surface area contributed by atoms with Crippen LogP contribution in [0.15, 0.2) is 21.0 Å². The summed E-state index contributed by atoms with van der Waals surface area (Å²) in [7, 11) is 0. The topological polar surface area (TPSA) is 89.6 Å². The molecule has 3 rings (SSSR count). The summed E-state index contributed by atoms with van der Waals surface area (Å²) >= 11 is 0. The Morgan fingerprint density at radius 2 is 2.12 bits per heavy atom. The molecule has 0 fully saturated rings. The lowest BCUT2D eigenvalue weighted by atomic mass is 9.97. The lowest BCUT2D eigenvalue weighted by Gasteiger charge is -2.07. The Labute approximate surface area is 90.5 Å². The van der Waals surface area contributed by atoms with Crippen LogP contribution in [0.2, 0.25) is 0 Å². The standard InChI is InChI=1S/C11H9NO4/c12-9-4-6-7(15-9)2-1-5-3-8(11(13)14)16-10(5)6/h3-4H,1-2,12H2,(H,13,14). The van der Waals surface area contributed by atoms with Crippen molar-refractivity contribution >= 4 is 11.9 Å². The third-order valence-corrected chi connectivity index (χ3v) is 2.71. The summed E-state index contributed by atoms with van der Waals surface area (Å²) in [6, 6.07) is 3.23. The maximum absolute atomic E-state index is 10.8. The number of hydrogen-bond acceptors (Lipinski definition) is 4. The Morgan fingerprint density at radius 1 is 1.31 bits per heavy atom. The van der Waals surface area contributed by atoms with E-state index in [1.807, 2.05) is 0 Å². The first-order valence-electron chi connectivity index (χ1n) is 4.89. The van der Waals surface area contributed by atoms with Gasteiger partial charge < -0.3 is 19.7 Å². The molecule has 0 aliphatic heterocycles. The van der Waals surface area contributed by atoms with Crippen LogP contribution < -0.4 is 5.73 Å². The molecule has 0 atom stereocenters. The number of nitrogens with two attached hydrogens (primary N) is 1. The number of rotatable bonds is 1. The minimum absolute atomic E-state index is 0.0439. The SMILES string of the molecule is Nc1cc2c(o1)CCc1cc(C(=O)O)oc1-2. The van der Waals surface area contributed by atoms with Crippen LogP contribution in [0.1, 0.15) is 21.9 Å². The number of furan rings is 2. The fraction of sp³-hybridized carbons (Fsp3) is 0.182. The highest BCUT2D eigenvalue weighted by Gasteiger charge is 2.26. The van der Waals surface area contributed by atoms with Crippen LogP contribution >= 0.6 is 0 Å². The average molecular weight is 219 g/mol. The van der Waals surface area contributed by atoms with Crippen LogP contribution in [0.4, 0.5) is 5.88 Å². The largest absolute Gasteiger partial charge is 0.475 e. The monoisotopic (exact) mass is 219 g/mol. The highest BCUT2D eigenvalue weighted by molar-refractivity contribution is 5.86. The molecular weight excluding hydrogens is 210 g/mol. The molecule has 1 aliphatic rings. The molecule has 82 valence electrons. The summed E-state index contributed by atoms with van der Waals surface area (Å²) in [5.74, 6) is 0.548. The van der Waals surface area contributed by atoms with Gasteiger partial charge in [0, 0.05) is 12.5 Å². The van der Waals surface area contributed by atoms with Crippen molar-refractivity contribution < 1.29 is 18.7 Å². The van der Waals surface area contributed by atoms with E-state index in [0.29, 0.717) is 18.1 Å². The molecule has 0 radical (unpaired) electrons. The maximum Gasteiger partial charge on any atom is 0.371 e. The second-order valence-corrected chi connectivity index (χ2v) is 3.76. The highest BCUT2D eigenvalue weighted by Crippen LogP contribution is 2.38. The van der Waals surface area contributed by atoms with Crippen molar-refractivity contribution in [3.63, 3.8) is 0 Å². The first-order chi connectivity index (χ1) is 7.65. The summed E-state index contributed by atoms with van der Waals surface area (Å²) in [5.41, 5.74) is 7.22. The van der Waals surface area contributed by atoms with E-state index in [4.69, 9.17) is 19.7 Å². The number of nitrogen functional groups attached to an aromatic ring is 1. The van der Waals surface area contributed by atoms with Crippen LogP contribution in [0, 0.1) is 0 Å². The van der Waals surface area contributed by atoms with Gasteiger partial charge >= 0.3 is 5.97 Å². The Morgan fingerprint density at radius 3 is 2.88 bits per heavy atom. The molecule has 0 spiro atoms. The van der Waals surface area contributed by atoms with Gasteiger partial charge in [-0.25, -0.2) is 4.79 Å². The molecule has 1 aliphatic carbocycles. The van der Waals surface area contributed by atoms with E-state index in [2.05, 4.69) is 0 Å². The van der Waals surface area contributed by atoms with E-state index < -0.39 is 5.97 Å². The Balaban J connectivity index is 2.19. The van der Waals surface area contributed by atoms with Gasteiger partial charge in [0.2, 0.25) is 5.76 Å². The molecule has 3 N–H and O–H groups in total. The van der Waals surface area contributed by atoms with E-state index in [9.17, 15) is 4.79 Å². The number of fused-ring (bicyclic) bond motifs is 3. The van der Waals surface area contributed by atoms with Crippen molar-refractivity contribution in [2.75, 3.05) is 5.73 Å². The predicted molar refractivity (Wildman–Crippen MR) is 55.2 cm³/mol. The minimum Gasteiger partial charge on any atom is -0.475 e. The first-order valence-corrected chi connectivity index (χ1v) is 4.89. The number of hydrogen-bond donors (Lipinski definition) is 2. The van der Waals surface area contributed by atoms with Crippen LogP contribution in [0.3, 0.4) is 0 Å². The number of aromatic carboxylic acids is 1. The van der Waals surface area contributed by atoms with Gasteiger partial charge in [0.05, 0.1) is 5.56 Å². The maximum atomic E-state index is 10.8. The number of anilines is 1. The van der Waals surface area contributed by atoms with Crippen molar-refractivity contribution in [1.82, 2.24) is 0 Å². The normalized spacial score (nSPS) is 13.2. The number of carboxylic acid groups (broad SMARTS) is 1. The molecule has 0 amide bonds. The molecule has 0 unspecified atom stereocenters. The van der Waals surface area contributed by atoms with Crippen LogP contribution in [-0.2, 0) is 12.8 Å². The molecule has 16 heavy (non-hydrogen) atoms. The summed E-state index contributed by atoms with van der Waals surface area (Å²) in [6.45, 7) is 0. The average Bonchev–Trinajstić information content (AvgIpc) is 2.77. The molecule has 5 nitrogen and oxygen atoms in total. The van der Waals surface area contributed by atoms with E-state index in [1.54, 1.807) is 12.1 Å². The summed E-state index contributed by atoms with van der Waals surface area (Å²) in [6.07, 6.45) is 1.43. The molecule has 0 saturated carbocycles. The molecule has 2 aromatic rings. The summed E-state index contributed by atoms with van der Waals surface area (Å²) in [5, 5.41) is 8.85. The van der Waals surface area contributed by atoms with Gasteiger partial charge in [-0.2, -0.15) is 0 Å². The van der Waals surface area contributed by atoms with E-state index in [-0.39, 0.29) is 5.76 Å². The Kier molecular flexibility index (Phi) is 1.65. The van der Waals surface area contributed by atoms with Crippen molar-refractivity contribution in [1.29, 1.82) is 0 Å². The van der Waals surface area contributed by atoms with Crippen LogP contribution in [0.25, 0.3) is 11.3 Å². The van der Waals surface area contributed by atoms with Crippen molar-refractivity contribution in [2.45, 2.75) is 12.8 Å². The minimum atomic E-state index is -1.06. The van der Waals surface area contributed by atoms with Crippen LogP contribution in [-0.4, -0.2) is 11.1 Å². The second-order valence-electron chi connectivity index (χ2n) is 3.76. The van der Waals surface area contributed by atoms with Gasteiger partial charge in [-0.15, -0.1) is 0 Å². The lowest BCUT2D eigenvalue weighted by molar-refractivity contribution is 0.0663. The fourth-order valence-corrected chi connectivity index (χ4v) is 2.02. The first kappa shape index (κ1) is 9.08. The summed E-state index contributed by atoms with van der Waals surface area (Å²) in [4.78, 5) is 10.8. The molecule has 0 bridgehead atoms. The summed E-state index contributed by atoms with van der Waals surface area (Å²) < 4.78 is 10.6. The van der Waals surface area contributed by atoms with E-state index in [1.165, 1.54) is 0 Å². The van der Waals surface area contributed by atoms with Gasteiger partial charge in [0.15, 0.2) is 5.88 Å². The predicted octanol–water partition coefficient (Wildman–Crippen LogP) is 1.92. The number of carbonyl (C=O) groups is 1. The zero-order valence-electron chi connectivity index (χ0n) is 8.32. The van der Waals surface area contributed by atoms with Crippen molar-refractivity contribution in [3.8, 4) is 11.3 Å². The fourth-order valence-electron chi connectivity index (χ4n) is 2.02. The highest BCUT2D eigenvalue weighted by atomic mass is 16.4. The molecule has 0 aromatic carbocycles. The zero-order valence-corrected chi connectivity index (χ0v) is 8.32. The van der Waals surface area contributed by atoms with Gasteiger partial charge in [-0.05, 0) is 18.1 Å². The molecular formula is C11H9NO4. The third kappa shape index (κ3) is 1.14. The van der Waals surface area contributed by atoms with Gasteiger partial charge in [-0.3, -0.25) is 0 Å². The van der Waals surface area contributed by atoms with Gasteiger partial charge in [0.1, 0.15) is 11.5 Å². The smallest absolute Gasteiger partial charge is 0.371 e. The number of aryl methyl sites for hydroxylation is 2. The van der Waals surface area contributed by atoms with Crippen molar-refractivity contribution in [2.24, 2.45) is 0 Å². The molecule has 2 heterocycles. The molecule has 5 heteroatoms. The third-order valence-electron chi connectivity index (χ3n) is 2.71. The zero-order chi connectivity index (χ0) is 11.3. The quantitative estimate of drug-likeness (QED) is 0.764. The van der Waals surface area contributed by atoms with Gasteiger partial charge in [0.25, 0.3) is 0 Å². The van der Waals surface area contributed by atoms with Crippen LogP contribution in [0.5, 0.6) is 0 Å². The number of carboxylic acids is 1. The van der Waals surface area contributed by atoms with Gasteiger partial charge in [-0.1, -0.05) is 0 Å². The van der Waals surface area contributed by atoms with E-state index in [0.717, 1.165) is 23.3 Å². The van der Waals surface area contributed by atoms with Crippen molar-refractivity contribution in [3.05, 3.63) is 29.2 Å². The Bertz CT molecular complexity index is 579.